The number of methoxy groups -OCH3 is 1. The van der Waals surface area contributed by atoms with Crippen LogP contribution in [0.4, 0.5) is 11.6 Å². The lowest BCUT2D eigenvalue weighted by Crippen LogP contribution is -2.36. The third-order valence-electron chi connectivity index (χ3n) is 2.28. The molecule has 0 aliphatic rings. The number of hydrogen-bond acceptors (Lipinski definition) is 5. The van der Waals surface area contributed by atoms with Crippen molar-refractivity contribution in [3.63, 3.8) is 0 Å². The number of anilines is 2. The van der Waals surface area contributed by atoms with Crippen molar-refractivity contribution >= 4 is 11.6 Å². The van der Waals surface area contributed by atoms with E-state index in [1.165, 1.54) is 0 Å². The normalized spacial score (nSPS) is 11.3. The molecule has 16 heavy (non-hydrogen) atoms. The minimum Gasteiger partial charge on any atom is -0.382 e. The van der Waals surface area contributed by atoms with Gasteiger partial charge in [-0.25, -0.2) is 9.97 Å². The molecule has 1 aromatic heterocycles. The molecule has 0 atom stereocenters. The van der Waals surface area contributed by atoms with E-state index in [-0.39, 0.29) is 5.54 Å². The van der Waals surface area contributed by atoms with Crippen molar-refractivity contribution in [2.24, 2.45) is 0 Å². The molecule has 2 N–H and O–H groups in total. The maximum absolute atomic E-state index is 5.15. The second-order valence-corrected chi connectivity index (χ2v) is 4.39. The molecule has 0 amide bonds. The molecule has 1 rings (SSSR count). The van der Waals surface area contributed by atoms with Gasteiger partial charge in [-0.1, -0.05) is 0 Å². The van der Waals surface area contributed by atoms with Crippen LogP contribution in [-0.2, 0) is 4.74 Å². The zero-order valence-electron chi connectivity index (χ0n) is 10.6. The number of aromatic nitrogens is 2. The zero-order valence-corrected chi connectivity index (χ0v) is 10.6. The molecule has 5 nitrogen and oxygen atoms in total. The third-order valence-corrected chi connectivity index (χ3v) is 2.28. The lowest BCUT2D eigenvalue weighted by molar-refractivity contribution is 0.158. The largest absolute Gasteiger partial charge is 0.382 e. The van der Waals surface area contributed by atoms with Crippen LogP contribution in [0.5, 0.6) is 0 Å². The molecule has 0 radical (unpaired) electrons. The lowest BCUT2D eigenvalue weighted by atomic mass is 10.1. The molecule has 1 aromatic rings. The fraction of sp³-hybridized carbons (Fsp3) is 0.636. The number of nitrogens with zero attached hydrogens (tertiary/aromatic N) is 2. The summed E-state index contributed by atoms with van der Waals surface area (Å²) in [4.78, 5) is 8.38. The van der Waals surface area contributed by atoms with Gasteiger partial charge in [0, 0.05) is 19.7 Å². The molecule has 0 aliphatic carbocycles. The van der Waals surface area contributed by atoms with Gasteiger partial charge >= 0.3 is 0 Å². The second-order valence-electron chi connectivity index (χ2n) is 4.39. The van der Waals surface area contributed by atoms with Gasteiger partial charge in [-0.15, -0.1) is 0 Å². The Kier molecular flexibility index (Phi) is 4.06. The molecule has 0 unspecified atom stereocenters. The smallest absolute Gasteiger partial charge is 0.134 e. The fourth-order valence-corrected chi connectivity index (χ4v) is 1.55. The van der Waals surface area contributed by atoms with E-state index in [0.717, 1.165) is 17.2 Å². The van der Waals surface area contributed by atoms with Crippen LogP contribution >= 0.6 is 0 Å². The molecule has 90 valence electrons. The summed E-state index contributed by atoms with van der Waals surface area (Å²) in [6.45, 7) is 6.73. The average molecular weight is 224 g/mol. The highest BCUT2D eigenvalue weighted by Crippen LogP contribution is 2.21. The molecular formula is C11H20N4O. The predicted octanol–water partition coefficient (Wildman–Crippen LogP) is 1.66. The van der Waals surface area contributed by atoms with Crippen LogP contribution in [0.1, 0.15) is 19.4 Å². The van der Waals surface area contributed by atoms with E-state index >= 15 is 0 Å². The molecule has 1 heterocycles. The summed E-state index contributed by atoms with van der Waals surface area (Å²) in [5.74, 6) is 1.67. The maximum atomic E-state index is 5.15. The number of ether oxygens (including phenoxy) is 1. The summed E-state index contributed by atoms with van der Waals surface area (Å²) in [5.41, 5.74) is 0.855. The minimum absolute atomic E-state index is 0.154. The minimum atomic E-state index is -0.154. The number of hydrogen-bond donors (Lipinski definition) is 2. The van der Waals surface area contributed by atoms with Crippen LogP contribution in [0.2, 0.25) is 0 Å². The summed E-state index contributed by atoms with van der Waals surface area (Å²) in [5, 5.41) is 6.38. The van der Waals surface area contributed by atoms with Gasteiger partial charge in [0.1, 0.15) is 18.0 Å². The zero-order chi connectivity index (χ0) is 12.2. The van der Waals surface area contributed by atoms with Crippen LogP contribution in [0, 0.1) is 6.92 Å². The van der Waals surface area contributed by atoms with Crippen molar-refractivity contribution < 1.29 is 4.74 Å². The highest BCUT2D eigenvalue weighted by Gasteiger charge is 2.19. The SMILES string of the molecule is CNc1ncnc(NC(C)(C)COC)c1C. The van der Waals surface area contributed by atoms with Crippen LogP contribution in [-0.4, -0.2) is 36.3 Å². The maximum Gasteiger partial charge on any atom is 0.134 e. The predicted molar refractivity (Wildman–Crippen MR) is 65.9 cm³/mol. The molecule has 5 heteroatoms. The van der Waals surface area contributed by atoms with Crippen molar-refractivity contribution in [3.05, 3.63) is 11.9 Å². The first-order valence-electron chi connectivity index (χ1n) is 5.26. The quantitative estimate of drug-likeness (QED) is 0.796. The molecule has 0 saturated carbocycles. The van der Waals surface area contributed by atoms with Crippen molar-refractivity contribution in [2.45, 2.75) is 26.3 Å². The Labute approximate surface area is 96.6 Å². The van der Waals surface area contributed by atoms with E-state index in [4.69, 9.17) is 4.74 Å². The summed E-state index contributed by atoms with van der Waals surface area (Å²) in [7, 11) is 3.54. The number of nitrogens with one attached hydrogen (secondary N) is 2. The van der Waals surface area contributed by atoms with Gasteiger partial charge < -0.3 is 15.4 Å². The summed E-state index contributed by atoms with van der Waals surface area (Å²) < 4.78 is 5.15. The molecule has 0 spiro atoms. The highest BCUT2D eigenvalue weighted by atomic mass is 16.5. The molecule has 0 aliphatic heterocycles. The summed E-state index contributed by atoms with van der Waals surface area (Å²) in [6, 6.07) is 0. The van der Waals surface area contributed by atoms with Crippen molar-refractivity contribution in [2.75, 3.05) is 31.4 Å². The first kappa shape index (κ1) is 12.7. The standard InChI is InChI=1S/C11H20N4O/c1-8-9(12-4)13-7-14-10(8)15-11(2,3)6-16-5/h7H,6H2,1-5H3,(H2,12,13,14,15). The molecular weight excluding hydrogens is 204 g/mol. The van der Waals surface area contributed by atoms with Crippen LogP contribution in [0.25, 0.3) is 0 Å². The Morgan fingerprint density at radius 3 is 2.50 bits per heavy atom. The van der Waals surface area contributed by atoms with Gasteiger partial charge in [0.05, 0.1) is 12.1 Å². The van der Waals surface area contributed by atoms with E-state index < -0.39 is 0 Å². The Hall–Kier alpha value is -1.36. The molecule has 0 aromatic carbocycles. The first-order valence-corrected chi connectivity index (χ1v) is 5.26. The Balaban J connectivity index is 2.89. The van der Waals surface area contributed by atoms with Crippen molar-refractivity contribution in [3.8, 4) is 0 Å². The average Bonchev–Trinajstić information content (AvgIpc) is 2.21. The van der Waals surface area contributed by atoms with Gasteiger partial charge in [-0.2, -0.15) is 0 Å². The Bertz CT molecular complexity index is 352. The van der Waals surface area contributed by atoms with E-state index in [9.17, 15) is 0 Å². The van der Waals surface area contributed by atoms with Gasteiger partial charge in [0.15, 0.2) is 0 Å². The summed E-state index contributed by atoms with van der Waals surface area (Å²) in [6.07, 6.45) is 1.55. The second kappa shape index (κ2) is 5.12. The van der Waals surface area contributed by atoms with E-state index in [0.29, 0.717) is 6.61 Å². The molecule has 0 bridgehead atoms. The van der Waals surface area contributed by atoms with E-state index in [1.807, 2.05) is 14.0 Å². The van der Waals surface area contributed by atoms with Gasteiger partial charge in [0.2, 0.25) is 0 Å². The Morgan fingerprint density at radius 2 is 1.94 bits per heavy atom. The lowest BCUT2D eigenvalue weighted by Gasteiger charge is -2.26. The van der Waals surface area contributed by atoms with E-state index in [1.54, 1.807) is 13.4 Å². The monoisotopic (exact) mass is 224 g/mol. The van der Waals surface area contributed by atoms with Gasteiger partial charge in [0.25, 0.3) is 0 Å². The van der Waals surface area contributed by atoms with Crippen LogP contribution < -0.4 is 10.6 Å². The van der Waals surface area contributed by atoms with E-state index in [2.05, 4.69) is 34.4 Å². The fourth-order valence-electron chi connectivity index (χ4n) is 1.55. The highest BCUT2D eigenvalue weighted by molar-refractivity contribution is 5.56. The van der Waals surface area contributed by atoms with Crippen LogP contribution in [0.3, 0.4) is 0 Å². The Morgan fingerprint density at radius 1 is 1.31 bits per heavy atom. The third kappa shape index (κ3) is 3.06. The molecule has 0 saturated heterocycles. The molecule has 0 fully saturated rings. The first-order chi connectivity index (χ1) is 7.50. The van der Waals surface area contributed by atoms with Gasteiger partial charge in [-0.3, -0.25) is 0 Å². The number of rotatable bonds is 5. The van der Waals surface area contributed by atoms with Crippen molar-refractivity contribution in [1.29, 1.82) is 0 Å². The summed E-state index contributed by atoms with van der Waals surface area (Å²) >= 11 is 0. The van der Waals surface area contributed by atoms with Crippen LogP contribution in [0.15, 0.2) is 6.33 Å². The topological polar surface area (TPSA) is 59.1 Å². The van der Waals surface area contributed by atoms with Crippen molar-refractivity contribution in [1.82, 2.24) is 9.97 Å². The van der Waals surface area contributed by atoms with Gasteiger partial charge in [-0.05, 0) is 20.8 Å².